The van der Waals surface area contributed by atoms with Gasteiger partial charge in [0.05, 0.1) is 5.56 Å². The van der Waals surface area contributed by atoms with Crippen molar-refractivity contribution in [3.8, 4) is 11.5 Å². The van der Waals surface area contributed by atoms with Crippen LogP contribution in [-0.4, -0.2) is 38.1 Å². The number of aryl methyl sites for hydroxylation is 1. The van der Waals surface area contributed by atoms with Gasteiger partial charge >= 0.3 is 22.4 Å². The number of hydrogen-bond donors (Lipinski definition) is 0. The zero-order valence-corrected chi connectivity index (χ0v) is 27.2. The predicted octanol–water partition coefficient (Wildman–Crippen LogP) is 8.74. The lowest BCUT2D eigenvalue weighted by molar-refractivity contribution is -0.137. The highest BCUT2D eigenvalue weighted by Gasteiger charge is 2.36. The minimum absolute atomic E-state index is 0.174. The van der Waals surface area contributed by atoms with E-state index in [-0.39, 0.29) is 18.8 Å². The number of piperidine rings is 1. The Labute approximate surface area is 276 Å². The van der Waals surface area contributed by atoms with E-state index in [1.54, 1.807) is 20.8 Å². The van der Waals surface area contributed by atoms with E-state index in [0.29, 0.717) is 48.8 Å². The summed E-state index contributed by atoms with van der Waals surface area (Å²) in [6.07, 6.45) is -4.07. The summed E-state index contributed by atoms with van der Waals surface area (Å²) >= 11 is 0. The Hall–Kier alpha value is -4.08. The van der Waals surface area contributed by atoms with Gasteiger partial charge in [0.1, 0.15) is 22.4 Å². The van der Waals surface area contributed by atoms with E-state index in [1.807, 2.05) is 0 Å². The molecule has 266 valence electrons. The maximum atomic E-state index is 14.1. The Morgan fingerprint density at radius 2 is 1.43 bits per heavy atom. The SMILES string of the molecule is CC(C)(C)OC(=O)N1CCC(c2cc(C(F)(F)F)ccc2OC2CCCc3cc(S(=O)(=O)Oc4c(F)c(F)c(F)c(F)c4F)ccc32)CC1. The van der Waals surface area contributed by atoms with Crippen LogP contribution >= 0.6 is 0 Å². The minimum Gasteiger partial charge on any atom is -0.485 e. The van der Waals surface area contributed by atoms with Gasteiger partial charge < -0.3 is 18.6 Å². The third-order valence-electron chi connectivity index (χ3n) is 8.22. The summed E-state index contributed by atoms with van der Waals surface area (Å²) in [6.45, 7) is 5.66. The van der Waals surface area contributed by atoms with Gasteiger partial charge in [0.25, 0.3) is 0 Å². The van der Waals surface area contributed by atoms with Gasteiger partial charge in [-0.15, -0.1) is 0 Å². The quantitative estimate of drug-likeness (QED) is 0.110. The molecule has 1 heterocycles. The summed E-state index contributed by atoms with van der Waals surface area (Å²) in [6, 6.07) is 6.60. The van der Waals surface area contributed by atoms with E-state index in [0.717, 1.165) is 24.3 Å². The number of halogens is 8. The third-order valence-corrected chi connectivity index (χ3v) is 9.44. The molecule has 1 saturated heterocycles. The molecular formula is C33H31F8NO6S. The van der Waals surface area contributed by atoms with Crippen LogP contribution < -0.4 is 8.92 Å². The summed E-state index contributed by atoms with van der Waals surface area (Å²) < 4.78 is 152. The fraction of sp³-hybridized carbons (Fsp3) is 0.424. The lowest BCUT2D eigenvalue weighted by Gasteiger charge is -2.35. The number of carbonyl (C=O) groups excluding carboxylic acids is 1. The van der Waals surface area contributed by atoms with Crippen LogP contribution in [0.5, 0.6) is 11.5 Å². The molecule has 16 heteroatoms. The van der Waals surface area contributed by atoms with E-state index in [9.17, 15) is 48.3 Å². The molecule has 1 aliphatic heterocycles. The topological polar surface area (TPSA) is 82.1 Å². The summed E-state index contributed by atoms with van der Waals surface area (Å²) in [5.74, 6) is -14.4. The van der Waals surface area contributed by atoms with Gasteiger partial charge in [-0.1, -0.05) is 6.07 Å². The molecule has 0 N–H and O–H groups in total. The number of ether oxygens (including phenoxy) is 2. The number of carbonyl (C=O) groups is 1. The predicted molar refractivity (Wildman–Crippen MR) is 158 cm³/mol. The molecule has 7 nitrogen and oxygen atoms in total. The molecule has 5 rings (SSSR count). The van der Waals surface area contributed by atoms with Crippen LogP contribution in [0.3, 0.4) is 0 Å². The Morgan fingerprint density at radius 3 is 2.02 bits per heavy atom. The first-order chi connectivity index (χ1) is 22.8. The molecule has 1 fully saturated rings. The molecule has 0 radical (unpaired) electrons. The highest BCUT2D eigenvalue weighted by Crippen LogP contribution is 2.43. The van der Waals surface area contributed by atoms with Crippen LogP contribution in [-0.2, 0) is 27.5 Å². The molecule has 1 amide bonds. The number of alkyl halides is 3. The van der Waals surface area contributed by atoms with Gasteiger partial charge in [-0.2, -0.15) is 30.4 Å². The maximum absolute atomic E-state index is 14.1. The monoisotopic (exact) mass is 721 g/mol. The minimum atomic E-state index is -5.10. The lowest BCUT2D eigenvalue weighted by atomic mass is 9.87. The molecule has 0 spiro atoms. The van der Waals surface area contributed by atoms with Crippen LogP contribution in [0, 0.1) is 29.1 Å². The first-order valence-electron chi connectivity index (χ1n) is 15.2. The van der Waals surface area contributed by atoms with Crippen molar-refractivity contribution < 1.29 is 62.0 Å². The number of rotatable bonds is 6. The maximum Gasteiger partial charge on any atom is 0.416 e. The molecule has 0 bridgehead atoms. The fourth-order valence-corrected chi connectivity index (χ4v) is 6.83. The summed E-state index contributed by atoms with van der Waals surface area (Å²) in [4.78, 5) is 13.4. The lowest BCUT2D eigenvalue weighted by Crippen LogP contribution is -2.41. The van der Waals surface area contributed by atoms with Gasteiger partial charge in [-0.3, -0.25) is 0 Å². The molecular weight excluding hydrogens is 690 g/mol. The Morgan fingerprint density at radius 1 is 0.816 bits per heavy atom. The van der Waals surface area contributed by atoms with Gasteiger partial charge in [-0.25, -0.2) is 18.0 Å². The van der Waals surface area contributed by atoms with E-state index in [1.165, 1.54) is 17.0 Å². The standard InChI is InChI=1S/C33H31F8NO6S/c1-32(2,3)47-31(43)42-13-11-17(12-14-42)22-16-19(33(39,40)41)7-10-24(22)46-23-6-4-5-18-15-20(8-9-21(18)23)49(44,45)48-30-28(37)26(35)25(34)27(36)29(30)38/h7-10,15-17,23H,4-6,11-14H2,1-3H3. The van der Waals surface area contributed by atoms with E-state index in [2.05, 4.69) is 4.18 Å². The third kappa shape index (κ3) is 7.73. The number of likely N-dealkylation sites (tertiary alicyclic amines) is 1. The van der Waals surface area contributed by atoms with Crippen LogP contribution in [0.15, 0.2) is 41.3 Å². The Balaban J connectivity index is 1.40. The first-order valence-corrected chi connectivity index (χ1v) is 16.6. The molecule has 2 aliphatic rings. The molecule has 1 atom stereocenters. The van der Waals surface area contributed by atoms with E-state index in [4.69, 9.17) is 9.47 Å². The van der Waals surface area contributed by atoms with Crippen molar-refractivity contribution in [2.45, 2.75) is 81.6 Å². The van der Waals surface area contributed by atoms with Crippen molar-refractivity contribution in [3.63, 3.8) is 0 Å². The average Bonchev–Trinajstić information content (AvgIpc) is 3.03. The largest absolute Gasteiger partial charge is 0.485 e. The molecule has 3 aromatic carbocycles. The number of hydrogen-bond acceptors (Lipinski definition) is 6. The highest BCUT2D eigenvalue weighted by molar-refractivity contribution is 7.87. The normalized spacial score (nSPS) is 17.4. The van der Waals surface area contributed by atoms with Crippen molar-refractivity contribution in [2.24, 2.45) is 0 Å². The van der Waals surface area contributed by atoms with Gasteiger partial charge in [0.2, 0.25) is 34.8 Å². The smallest absolute Gasteiger partial charge is 0.416 e. The zero-order chi connectivity index (χ0) is 36.1. The molecule has 1 aliphatic carbocycles. The Bertz CT molecular complexity index is 1840. The second-order valence-electron chi connectivity index (χ2n) is 12.8. The second-order valence-corrected chi connectivity index (χ2v) is 14.3. The van der Waals surface area contributed by atoms with Crippen molar-refractivity contribution in [1.82, 2.24) is 4.90 Å². The van der Waals surface area contributed by atoms with Gasteiger partial charge in [-0.05, 0) is 106 Å². The van der Waals surface area contributed by atoms with E-state index >= 15 is 0 Å². The van der Waals surface area contributed by atoms with Crippen LogP contribution in [0.1, 0.15) is 80.7 Å². The summed E-state index contributed by atoms with van der Waals surface area (Å²) in [5, 5.41) is 0. The molecule has 49 heavy (non-hydrogen) atoms. The number of fused-ring (bicyclic) bond motifs is 1. The van der Waals surface area contributed by atoms with Crippen LogP contribution in [0.2, 0.25) is 0 Å². The van der Waals surface area contributed by atoms with Crippen molar-refractivity contribution in [3.05, 3.63) is 87.7 Å². The van der Waals surface area contributed by atoms with Gasteiger partial charge in [0, 0.05) is 13.1 Å². The van der Waals surface area contributed by atoms with Crippen LogP contribution in [0.4, 0.5) is 39.9 Å². The molecule has 1 unspecified atom stereocenters. The highest BCUT2D eigenvalue weighted by atomic mass is 32.2. The number of nitrogens with zero attached hydrogens (tertiary/aromatic N) is 1. The molecule has 3 aromatic rings. The summed E-state index contributed by atoms with van der Waals surface area (Å²) in [5.41, 5.74) is -0.426. The van der Waals surface area contributed by atoms with Crippen molar-refractivity contribution >= 4 is 16.2 Å². The first kappa shape index (κ1) is 36.2. The van der Waals surface area contributed by atoms with Crippen molar-refractivity contribution in [1.29, 1.82) is 0 Å². The fourth-order valence-electron chi connectivity index (χ4n) is 5.84. The van der Waals surface area contributed by atoms with E-state index < -0.39 is 85.3 Å². The average molecular weight is 722 g/mol. The zero-order valence-electron chi connectivity index (χ0n) is 26.4. The van der Waals surface area contributed by atoms with Crippen LogP contribution in [0.25, 0.3) is 0 Å². The Kier molecular flexibility index (Phi) is 9.85. The second kappa shape index (κ2) is 13.3. The summed E-state index contributed by atoms with van der Waals surface area (Å²) in [7, 11) is -5.10. The number of benzene rings is 3. The van der Waals surface area contributed by atoms with Crippen molar-refractivity contribution in [2.75, 3.05) is 13.1 Å². The van der Waals surface area contributed by atoms with Gasteiger partial charge in [0.15, 0.2) is 0 Å². The molecule has 0 aromatic heterocycles. The number of amides is 1. The molecule has 0 saturated carbocycles.